The van der Waals surface area contributed by atoms with Crippen molar-refractivity contribution in [3.8, 4) is 22.3 Å². The lowest BCUT2D eigenvalue weighted by Crippen LogP contribution is -2.12. The van der Waals surface area contributed by atoms with Crippen molar-refractivity contribution in [1.82, 2.24) is 0 Å². The SMILES string of the molecule is CN(c1ccccc1)c1cccc2c1-c1c(c3ccccc3c3ccccc13)CCC2c1ccc(-c2ccccc2)cc1. The van der Waals surface area contributed by atoms with Crippen LogP contribution in [0.5, 0.6) is 0 Å². The second-order valence-corrected chi connectivity index (χ2v) is 11.7. The zero-order valence-electron chi connectivity index (χ0n) is 24.4. The molecule has 7 aromatic carbocycles. The average molecular weight is 552 g/mol. The van der Waals surface area contributed by atoms with Crippen molar-refractivity contribution in [2.45, 2.75) is 18.8 Å². The smallest absolute Gasteiger partial charge is 0.0491 e. The third-order valence-electron chi connectivity index (χ3n) is 9.35. The maximum absolute atomic E-state index is 2.38. The first-order valence-corrected chi connectivity index (χ1v) is 15.3. The lowest BCUT2D eigenvalue weighted by Gasteiger charge is -2.28. The summed E-state index contributed by atoms with van der Waals surface area (Å²) < 4.78 is 0. The van der Waals surface area contributed by atoms with E-state index in [0.29, 0.717) is 0 Å². The van der Waals surface area contributed by atoms with Crippen LogP contribution >= 0.6 is 0 Å². The molecule has 0 radical (unpaired) electrons. The van der Waals surface area contributed by atoms with E-state index in [9.17, 15) is 0 Å². The van der Waals surface area contributed by atoms with Gasteiger partial charge in [-0.2, -0.15) is 0 Å². The molecule has 0 heterocycles. The van der Waals surface area contributed by atoms with E-state index in [1.165, 1.54) is 71.9 Å². The zero-order chi connectivity index (χ0) is 28.8. The van der Waals surface area contributed by atoms with E-state index in [1.54, 1.807) is 0 Å². The minimum Gasteiger partial charge on any atom is -0.344 e. The van der Waals surface area contributed by atoms with E-state index in [-0.39, 0.29) is 5.92 Å². The van der Waals surface area contributed by atoms with Gasteiger partial charge in [0.05, 0.1) is 0 Å². The molecule has 0 amide bonds. The van der Waals surface area contributed by atoms with Crippen molar-refractivity contribution in [3.05, 3.63) is 168 Å². The highest BCUT2D eigenvalue weighted by atomic mass is 15.1. The molecule has 0 aliphatic heterocycles. The van der Waals surface area contributed by atoms with Crippen LogP contribution in [0.25, 0.3) is 43.8 Å². The van der Waals surface area contributed by atoms with E-state index in [4.69, 9.17) is 0 Å². The molecule has 1 unspecified atom stereocenters. The van der Waals surface area contributed by atoms with Gasteiger partial charge in [-0.15, -0.1) is 0 Å². The van der Waals surface area contributed by atoms with Crippen molar-refractivity contribution in [2.24, 2.45) is 0 Å². The third kappa shape index (κ3) is 4.32. The van der Waals surface area contributed by atoms with Gasteiger partial charge in [-0.1, -0.05) is 133 Å². The van der Waals surface area contributed by atoms with Crippen LogP contribution in [0.4, 0.5) is 11.4 Å². The Morgan fingerprint density at radius 1 is 0.488 bits per heavy atom. The first-order chi connectivity index (χ1) is 21.3. The molecule has 0 spiro atoms. The fourth-order valence-corrected chi connectivity index (χ4v) is 7.28. The normalized spacial score (nSPS) is 14.2. The fraction of sp³-hybridized carbons (Fsp3) is 0.0952. The average Bonchev–Trinajstić information content (AvgIpc) is 3.27. The van der Waals surface area contributed by atoms with Crippen LogP contribution in [0.2, 0.25) is 0 Å². The number of aryl methyl sites for hydroxylation is 1. The van der Waals surface area contributed by atoms with Gasteiger partial charge in [-0.05, 0) is 86.0 Å². The van der Waals surface area contributed by atoms with Crippen LogP contribution in [-0.2, 0) is 6.42 Å². The number of para-hydroxylation sites is 1. The third-order valence-corrected chi connectivity index (χ3v) is 9.35. The van der Waals surface area contributed by atoms with Gasteiger partial charge >= 0.3 is 0 Å². The summed E-state index contributed by atoms with van der Waals surface area (Å²) in [6, 6.07) is 55.7. The Kier molecular flexibility index (Phi) is 6.30. The molecular formula is C42H33N. The van der Waals surface area contributed by atoms with Crippen LogP contribution < -0.4 is 4.90 Å². The van der Waals surface area contributed by atoms with Crippen LogP contribution in [0.15, 0.2) is 152 Å². The standard InChI is InChI=1S/C42H33N/c1-43(32-15-6-3-7-16-32)40-22-12-21-37-33(31-25-23-30(24-26-31)29-13-4-2-5-14-29)27-28-39-36-19-9-8-17-34(36)35-18-10-11-20-38(35)41(39)42(37)40/h2-26,33H,27-28H2,1H3. The molecule has 0 N–H and O–H groups in total. The molecule has 1 aliphatic carbocycles. The highest BCUT2D eigenvalue weighted by Gasteiger charge is 2.29. The Morgan fingerprint density at radius 2 is 1.07 bits per heavy atom. The summed E-state index contributed by atoms with van der Waals surface area (Å²) >= 11 is 0. The van der Waals surface area contributed by atoms with Crippen LogP contribution in [0.1, 0.15) is 29.0 Å². The molecule has 1 heteroatoms. The molecule has 0 bridgehead atoms. The summed E-state index contributed by atoms with van der Waals surface area (Å²) in [4.78, 5) is 2.37. The molecule has 7 aromatic rings. The molecule has 1 nitrogen and oxygen atoms in total. The largest absolute Gasteiger partial charge is 0.344 e. The lowest BCUT2D eigenvalue weighted by atomic mass is 9.83. The van der Waals surface area contributed by atoms with Crippen LogP contribution in [0.3, 0.4) is 0 Å². The topological polar surface area (TPSA) is 3.24 Å². The van der Waals surface area contributed by atoms with Crippen molar-refractivity contribution >= 4 is 32.9 Å². The molecule has 1 atom stereocenters. The van der Waals surface area contributed by atoms with Gasteiger partial charge in [0.15, 0.2) is 0 Å². The van der Waals surface area contributed by atoms with E-state index in [1.807, 2.05) is 0 Å². The summed E-state index contributed by atoms with van der Waals surface area (Å²) in [7, 11) is 2.21. The lowest BCUT2D eigenvalue weighted by molar-refractivity contribution is 0.728. The molecule has 1 aliphatic rings. The highest BCUT2D eigenvalue weighted by Crippen LogP contribution is 2.51. The van der Waals surface area contributed by atoms with Crippen molar-refractivity contribution in [3.63, 3.8) is 0 Å². The predicted molar refractivity (Wildman–Crippen MR) is 183 cm³/mol. The summed E-state index contributed by atoms with van der Waals surface area (Å²) in [6.07, 6.45) is 2.08. The number of anilines is 2. The Morgan fingerprint density at radius 3 is 1.79 bits per heavy atom. The first-order valence-electron chi connectivity index (χ1n) is 15.3. The Labute approximate surface area is 253 Å². The fourth-order valence-electron chi connectivity index (χ4n) is 7.28. The molecule has 43 heavy (non-hydrogen) atoms. The molecule has 0 aromatic heterocycles. The second-order valence-electron chi connectivity index (χ2n) is 11.7. The maximum Gasteiger partial charge on any atom is 0.0491 e. The van der Waals surface area contributed by atoms with Crippen molar-refractivity contribution in [2.75, 3.05) is 11.9 Å². The van der Waals surface area contributed by atoms with Crippen molar-refractivity contribution in [1.29, 1.82) is 0 Å². The zero-order valence-corrected chi connectivity index (χ0v) is 24.4. The number of benzene rings is 7. The maximum atomic E-state index is 2.38. The van der Waals surface area contributed by atoms with E-state index < -0.39 is 0 Å². The van der Waals surface area contributed by atoms with Gasteiger partial charge in [0.25, 0.3) is 0 Å². The number of hydrogen-bond donors (Lipinski definition) is 0. The Hall–Kier alpha value is -5.14. The number of nitrogens with zero attached hydrogens (tertiary/aromatic N) is 1. The molecule has 8 rings (SSSR count). The highest BCUT2D eigenvalue weighted by molar-refractivity contribution is 6.17. The second kappa shape index (κ2) is 10.6. The van der Waals surface area contributed by atoms with Crippen LogP contribution in [-0.4, -0.2) is 7.05 Å². The minimum absolute atomic E-state index is 0.286. The van der Waals surface area contributed by atoms with Gasteiger partial charge in [0.2, 0.25) is 0 Å². The summed E-state index contributed by atoms with van der Waals surface area (Å²) in [5.74, 6) is 0.286. The van der Waals surface area contributed by atoms with Gasteiger partial charge in [-0.25, -0.2) is 0 Å². The van der Waals surface area contributed by atoms with E-state index in [0.717, 1.165) is 12.8 Å². The van der Waals surface area contributed by atoms with E-state index in [2.05, 4.69) is 164 Å². The predicted octanol–water partition coefficient (Wildman–Crippen LogP) is 11.2. The molecule has 0 saturated carbocycles. The van der Waals surface area contributed by atoms with Gasteiger partial charge < -0.3 is 4.90 Å². The quantitative estimate of drug-likeness (QED) is 0.197. The molecule has 0 fully saturated rings. The summed E-state index contributed by atoms with van der Waals surface area (Å²) in [5.41, 5.74) is 12.0. The minimum atomic E-state index is 0.286. The Balaban J connectivity index is 1.40. The monoisotopic (exact) mass is 551 g/mol. The summed E-state index contributed by atoms with van der Waals surface area (Å²) in [5, 5.41) is 5.38. The van der Waals surface area contributed by atoms with Gasteiger partial charge in [0.1, 0.15) is 0 Å². The van der Waals surface area contributed by atoms with E-state index >= 15 is 0 Å². The number of fused-ring (bicyclic) bond motifs is 8. The number of rotatable bonds is 4. The molecule has 0 saturated heterocycles. The number of hydrogen-bond acceptors (Lipinski definition) is 1. The molecule has 206 valence electrons. The molecular weight excluding hydrogens is 518 g/mol. The first kappa shape index (κ1) is 25.6. The Bertz CT molecular complexity index is 2070. The van der Waals surface area contributed by atoms with Gasteiger partial charge in [-0.3, -0.25) is 0 Å². The summed E-state index contributed by atoms with van der Waals surface area (Å²) in [6.45, 7) is 0. The van der Waals surface area contributed by atoms with Crippen molar-refractivity contribution < 1.29 is 0 Å². The van der Waals surface area contributed by atoms with Gasteiger partial charge in [0, 0.05) is 29.9 Å². The van der Waals surface area contributed by atoms with Crippen LogP contribution in [0, 0.1) is 0 Å².